The maximum Gasteiger partial charge on any atom is 0.237 e. The Labute approximate surface area is 126 Å². The highest BCUT2D eigenvalue weighted by atomic mass is 32.2. The fourth-order valence-electron chi connectivity index (χ4n) is 1.82. The van der Waals surface area contributed by atoms with Gasteiger partial charge in [0.1, 0.15) is 0 Å². The monoisotopic (exact) mass is 323 g/mol. The number of amides is 1. The first-order valence-electron chi connectivity index (χ1n) is 6.95. The van der Waals surface area contributed by atoms with Gasteiger partial charge in [-0.05, 0) is 7.05 Å². The highest BCUT2D eigenvalue weighted by Gasteiger charge is 2.20. The summed E-state index contributed by atoms with van der Waals surface area (Å²) in [6, 6.07) is 0. The molecular formula is C12H25N3O5S. The van der Waals surface area contributed by atoms with Crippen LogP contribution in [0, 0.1) is 0 Å². The third-order valence-corrected chi connectivity index (χ3v) is 4.52. The molecule has 1 amide bonds. The minimum atomic E-state index is -3.49. The second-order valence-corrected chi connectivity index (χ2v) is 6.86. The Morgan fingerprint density at radius 3 is 2.43 bits per heavy atom. The van der Waals surface area contributed by atoms with Crippen LogP contribution in [-0.4, -0.2) is 96.6 Å². The number of methoxy groups -OCH3 is 1. The lowest BCUT2D eigenvalue weighted by Crippen LogP contribution is -2.50. The number of nitrogens with zero attached hydrogens (tertiary/aromatic N) is 2. The summed E-state index contributed by atoms with van der Waals surface area (Å²) in [4.78, 5) is 15.7. The maximum atomic E-state index is 11.9. The van der Waals surface area contributed by atoms with E-state index in [4.69, 9.17) is 9.47 Å². The van der Waals surface area contributed by atoms with Gasteiger partial charge in [0.05, 0.1) is 32.1 Å². The number of carbonyl (C=O) groups is 1. The van der Waals surface area contributed by atoms with Crippen molar-refractivity contribution in [2.24, 2.45) is 0 Å². The molecule has 8 nitrogen and oxygen atoms in total. The van der Waals surface area contributed by atoms with Gasteiger partial charge < -0.3 is 19.3 Å². The smallest absolute Gasteiger partial charge is 0.237 e. The van der Waals surface area contributed by atoms with Gasteiger partial charge in [-0.25, -0.2) is 13.1 Å². The Kier molecular flexibility index (Phi) is 8.12. The summed E-state index contributed by atoms with van der Waals surface area (Å²) in [5.74, 6) is -0.348. The first kappa shape index (κ1) is 18.3. The van der Waals surface area contributed by atoms with Crippen molar-refractivity contribution in [3.05, 3.63) is 0 Å². The normalized spacial score (nSPS) is 17.1. The molecule has 1 N–H and O–H groups in total. The van der Waals surface area contributed by atoms with E-state index in [1.807, 2.05) is 7.05 Å². The number of likely N-dealkylation sites (N-methyl/N-ethyl adjacent to an activating group) is 1. The Hall–Kier alpha value is -0.740. The molecular weight excluding hydrogens is 298 g/mol. The molecule has 0 unspecified atom stereocenters. The molecule has 0 radical (unpaired) electrons. The van der Waals surface area contributed by atoms with Crippen LogP contribution in [0.4, 0.5) is 0 Å². The molecule has 21 heavy (non-hydrogen) atoms. The molecule has 1 saturated heterocycles. The summed E-state index contributed by atoms with van der Waals surface area (Å²) in [6.45, 7) is 3.57. The number of sulfonamides is 1. The van der Waals surface area contributed by atoms with Gasteiger partial charge in [0.2, 0.25) is 15.9 Å². The summed E-state index contributed by atoms with van der Waals surface area (Å²) in [5, 5.41) is 0. The zero-order valence-corrected chi connectivity index (χ0v) is 13.5. The minimum Gasteiger partial charge on any atom is -0.382 e. The third-order valence-electron chi connectivity index (χ3n) is 3.23. The Morgan fingerprint density at radius 1 is 1.14 bits per heavy atom. The fourth-order valence-corrected chi connectivity index (χ4v) is 2.65. The van der Waals surface area contributed by atoms with Crippen LogP contribution >= 0.6 is 0 Å². The van der Waals surface area contributed by atoms with Crippen molar-refractivity contribution in [2.75, 3.05) is 72.5 Å². The second kappa shape index (κ2) is 9.31. The van der Waals surface area contributed by atoms with Crippen molar-refractivity contribution in [3.8, 4) is 0 Å². The van der Waals surface area contributed by atoms with E-state index in [9.17, 15) is 13.2 Å². The molecule has 1 heterocycles. The molecule has 0 aromatic rings. The number of hydrogen-bond acceptors (Lipinski definition) is 6. The molecule has 1 rings (SSSR count). The quantitative estimate of drug-likeness (QED) is 0.511. The van der Waals surface area contributed by atoms with Crippen LogP contribution in [0.25, 0.3) is 0 Å². The van der Waals surface area contributed by atoms with Gasteiger partial charge in [-0.15, -0.1) is 0 Å². The van der Waals surface area contributed by atoms with Crippen LogP contribution in [0.5, 0.6) is 0 Å². The van der Waals surface area contributed by atoms with Crippen LogP contribution in [0.3, 0.4) is 0 Å². The van der Waals surface area contributed by atoms with Gasteiger partial charge in [0, 0.05) is 33.3 Å². The molecule has 1 aliphatic heterocycles. The predicted octanol–water partition coefficient (Wildman–Crippen LogP) is -1.66. The van der Waals surface area contributed by atoms with E-state index in [1.165, 1.54) is 0 Å². The van der Waals surface area contributed by atoms with Crippen LogP contribution in [0.2, 0.25) is 0 Å². The molecule has 0 spiro atoms. The molecule has 124 valence electrons. The average molecular weight is 323 g/mol. The zero-order chi connectivity index (χ0) is 15.7. The van der Waals surface area contributed by atoms with Gasteiger partial charge in [0.25, 0.3) is 0 Å². The van der Waals surface area contributed by atoms with E-state index < -0.39 is 10.0 Å². The average Bonchev–Trinajstić information content (AvgIpc) is 2.45. The van der Waals surface area contributed by atoms with Crippen LogP contribution in [0.1, 0.15) is 0 Å². The minimum absolute atomic E-state index is 0.0847. The number of nitrogens with one attached hydrogen (secondary N) is 1. The van der Waals surface area contributed by atoms with E-state index in [1.54, 1.807) is 12.0 Å². The molecule has 0 aromatic heterocycles. The van der Waals surface area contributed by atoms with E-state index in [2.05, 4.69) is 9.62 Å². The summed E-state index contributed by atoms with van der Waals surface area (Å²) in [6.07, 6.45) is 0. The standard InChI is InChI=1S/C12H25N3O5S/c1-14-3-5-15(6-4-14)12(16)11-13-21(17,18)10-9-20-8-7-19-2/h13H,3-11H2,1-2H3. The lowest BCUT2D eigenvalue weighted by molar-refractivity contribution is -0.131. The molecule has 1 fully saturated rings. The highest BCUT2D eigenvalue weighted by molar-refractivity contribution is 7.89. The summed E-state index contributed by atoms with van der Waals surface area (Å²) < 4.78 is 35.6. The zero-order valence-electron chi connectivity index (χ0n) is 12.7. The summed E-state index contributed by atoms with van der Waals surface area (Å²) in [7, 11) is 0.0544. The van der Waals surface area contributed by atoms with E-state index in [0.29, 0.717) is 26.3 Å². The number of hydrogen-bond donors (Lipinski definition) is 1. The second-order valence-electron chi connectivity index (χ2n) is 4.93. The third kappa shape index (κ3) is 7.72. The first-order chi connectivity index (χ1) is 9.94. The van der Waals surface area contributed by atoms with Crippen molar-refractivity contribution in [1.82, 2.24) is 14.5 Å². The molecule has 0 bridgehead atoms. The fraction of sp³-hybridized carbons (Fsp3) is 0.917. The lowest BCUT2D eigenvalue weighted by Gasteiger charge is -2.32. The predicted molar refractivity (Wildman–Crippen MR) is 78.6 cm³/mol. The van der Waals surface area contributed by atoms with Crippen LogP contribution in [-0.2, 0) is 24.3 Å². The largest absolute Gasteiger partial charge is 0.382 e. The molecule has 0 aromatic carbocycles. The number of rotatable bonds is 9. The summed E-state index contributed by atoms with van der Waals surface area (Å²) >= 11 is 0. The van der Waals surface area contributed by atoms with Crippen LogP contribution in [0.15, 0.2) is 0 Å². The SMILES string of the molecule is COCCOCCS(=O)(=O)NCC(=O)N1CCN(C)CC1. The van der Waals surface area contributed by atoms with Gasteiger partial charge in [-0.1, -0.05) is 0 Å². The first-order valence-corrected chi connectivity index (χ1v) is 8.60. The lowest BCUT2D eigenvalue weighted by atomic mass is 10.3. The van der Waals surface area contributed by atoms with Gasteiger partial charge in [0.15, 0.2) is 0 Å². The molecule has 1 aliphatic rings. The van der Waals surface area contributed by atoms with Crippen molar-refractivity contribution in [2.45, 2.75) is 0 Å². The van der Waals surface area contributed by atoms with Gasteiger partial charge >= 0.3 is 0 Å². The molecule has 0 saturated carbocycles. The van der Waals surface area contributed by atoms with E-state index >= 15 is 0 Å². The number of carbonyl (C=O) groups excluding carboxylic acids is 1. The Balaban J connectivity index is 2.21. The highest BCUT2D eigenvalue weighted by Crippen LogP contribution is 1.99. The number of piperazine rings is 1. The van der Waals surface area contributed by atoms with E-state index in [-0.39, 0.29) is 24.8 Å². The Bertz CT molecular complexity index is 407. The van der Waals surface area contributed by atoms with Crippen molar-refractivity contribution < 1.29 is 22.7 Å². The molecule has 0 atom stereocenters. The van der Waals surface area contributed by atoms with Crippen LogP contribution < -0.4 is 4.72 Å². The maximum absolute atomic E-state index is 11.9. The van der Waals surface area contributed by atoms with Gasteiger partial charge in [-0.2, -0.15) is 0 Å². The van der Waals surface area contributed by atoms with Crippen molar-refractivity contribution in [1.29, 1.82) is 0 Å². The van der Waals surface area contributed by atoms with E-state index in [0.717, 1.165) is 13.1 Å². The number of ether oxygens (including phenoxy) is 2. The molecule has 0 aliphatic carbocycles. The summed E-state index contributed by atoms with van der Waals surface area (Å²) in [5.41, 5.74) is 0. The topological polar surface area (TPSA) is 88.2 Å². The van der Waals surface area contributed by atoms with Gasteiger partial charge in [-0.3, -0.25) is 4.79 Å². The van der Waals surface area contributed by atoms with Crippen molar-refractivity contribution >= 4 is 15.9 Å². The molecule has 9 heteroatoms. The van der Waals surface area contributed by atoms with Crippen molar-refractivity contribution in [3.63, 3.8) is 0 Å². The Morgan fingerprint density at radius 2 is 1.81 bits per heavy atom.